The summed E-state index contributed by atoms with van der Waals surface area (Å²) >= 11 is 0. The number of nitrogens with zero attached hydrogens (tertiary/aromatic N) is 2. The van der Waals surface area contributed by atoms with Crippen LogP contribution in [0.2, 0.25) is 0 Å². The molecule has 0 spiro atoms. The molecule has 0 rings (SSSR count). The van der Waals surface area contributed by atoms with Crippen molar-refractivity contribution in [3.63, 3.8) is 0 Å². The van der Waals surface area contributed by atoms with Gasteiger partial charge in [-0.2, -0.15) is 10.5 Å². The molecule has 0 radical (unpaired) electrons. The molecule has 0 saturated heterocycles. The molecule has 0 aromatic heterocycles. The number of hydrogen-bond acceptors (Lipinski definition) is 3. The first kappa shape index (κ1) is 9.07. The van der Waals surface area contributed by atoms with Crippen LogP contribution < -0.4 is 0 Å². The Kier molecular flexibility index (Phi) is 32.6. The van der Waals surface area contributed by atoms with Gasteiger partial charge in [0, 0.05) is 0 Å². The van der Waals surface area contributed by atoms with E-state index in [1.807, 2.05) is 0 Å². The summed E-state index contributed by atoms with van der Waals surface area (Å²) in [7, 11) is 0. The van der Waals surface area contributed by atoms with Gasteiger partial charge in [0.25, 0.3) is 6.47 Å². The number of rotatable bonds is 0. The fraction of sp³-hybridized carbons (Fsp3) is 0. The number of hydrogen-bond donors (Lipinski definition) is 1. The minimum atomic E-state index is -0.250. The van der Waals surface area contributed by atoms with Crippen LogP contribution in [0, 0.1) is 22.7 Å². The van der Waals surface area contributed by atoms with Crippen LogP contribution in [0.3, 0.4) is 0 Å². The monoisotopic (exact) mass is 98.0 g/mol. The fourth-order valence-corrected chi connectivity index (χ4v) is 0. The molecule has 7 heavy (non-hydrogen) atoms. The molecular formula is C3H2N2O2. The van der Waals surface area contributed by atoms with Crippen molar-refractivity contribution in [2.45, 2.75) is 0 Å². The largest absolute Gasteiger partial charge is 0.483 e. The number of nitriles is 2. The lowest BCUT2D eigenvalue weighted by Gasteiger charge is -1.34. The third kappa shape index (κ3) is 88.3. The number of carbonyl (C=O) groups is 1. The Labute approximate surface area is 40.2 Å². The lowest BCUT2D eigenvalue weighted by Crippen LogP contribution is -1.49. The molecule has 0 aliphatic carbocycles. The van der Waals surface area contributed by atoms with E-state index in [4.69, 9.17) is 20.4 Å². The van der Waals surface area contributed by atoms with E-state index in [9.17, 15) is 0 Å². The Morgan fingerprint density at radius 1 is 1.43 bits per heavy atom. The summed E-state index contributed by atoms with van der Waals surface area (Å²) in [4.78, 5) is 8.36. The van der Waals surface area contributed by atoms with Crippen LogP contribution in [-0.2, 0) is 4.79 Å². The van der Waals surface area contributed by atoms with Crippen molar-refractivity contribution in [2.24, 2.45) is 0 Å². The summed E-state index contributed by atoms with van der Waals surface area (Å²) in [6.45, 7) is -0.250. The Bertz CT molecular complexity index is 95.1. The second-order valence-corrected chi connectivity index (χ2v) is 0.329. The average molecular weight is 98.1 g/mol. The van der Waals surface area contributed by atoms with E-state index in [0.29, 0.717) is 0 Å². The topological polar surface area (TPSA) is 84.9 Å². The molecule has 0 aliphatic rings. The van der Waals surface area contributed by atoms with E-state index in [1.165, 1.54) is 12.1 Å². The van der Waals surface area contributed by atoms with Crippen molar-refractivity contribution in [2.75, 3.05) is 0 Å². The molecule has 0 aromatic carbocycles. The lowest BCUT2D eigenvalue weighted by molar-refractivity contribution is -0.122. The van der Waals surface area contributed by atoms with E-state index in [-0.39, 0.29) is 6.47 Å². The van der Waals surface area contributed by atoms with Crippen LogP contribution in [0.4, 0.5) is 0 Å². The van der Waals surface area contributed by atoms with E-state index < -0.39 is 0 Å². The van der Waals surface area contributed by atoms with Gasteiger partial charge in [-0.25, -0.2) is 0 Å². The molecular weight excluding hydrogens is 96.0 g/mol. The van der Waals surface area contributed by atoms with Crippen LogP contribution in [0.5, 0.6) is 0 Å². The van der Waals surface area contributed by atoms with Crippen LogP contribution in [-0.4, -0.2) is 11.6 Å². The minimum absolute atomic E-state index is 0.250. The van der Waals surface area contributed by atoms with Crippen molar-refractivity contribution >= 4 is 6.47 Å². The first-order chi connectivity index (χ1) is 3.33. The molecule has 0 fully saturated rings. The maximum atomic E-state index is 8.36. The van der Waals surface area contributed by atoms with Crippen molar-refractivity contribution < 1.29 is 9.90 Å². The molecule has 0 amide bonds. The summed E-state index contributed by atoms with van der Waals surface area (Å²) in [6, 6.07) is 2.47. The van der Waals surface area contributed by atoms with Crippen molar-refractivity contribution in [1.29, 1.82) is 10.5 Å². The zero-order chi connectivity index (χ0) is 6.12. The summed E-state index contributed by atoms with van der Waals surface area (Å²) in [5, 5.41) is 21.4. The second-order valence-electron chi connectivity index (χ2n) is 0.329. The zero-order valence-electron chi connectivity index (χ0n) is 3.33. The first-order valence-electron chi connectivity index (χ1n) is 1.19. The summed E-state index contributed by atoms with van der Waals surface area (Å²) < 4.78 is 0. The Balaban J connectivity index is 0. The highest BCUT2D eigenvalue weighted by molar-refractivity contribution is 5.32. The first-order valence-corrected chi connectivity index (χ1v) is 1.19. The minimum Gasteiger partial charge on any atom is -0.483 e. The van der Waals surface area contributed by atoms with Gasteiger partial charge in [-0.05, 0) is 0 Å². The van der Waals surface area contributed by atoms with Gasteiger partial charge in [-0.3, -0.25) is 4.79 Å². The van der Waals surface area contributed by atoms with E-state index >= 15 is 0 Å². The van der Waals surface area contributed by atoms with Gasteiger partial charge in [-0.15, -0.1) is 0 Å². The maximum Gasteiger partial charge on any atom is 0.290 e. The Morgan fingerprint density at radius 3 is 1.57 bits per heavy atom. The Morgan fingerprint density at radius 2 is 1.57 bits per heavy atom. The van der Waals surface area contributed by atoms with Crippen molar-refractivity contribution in [1.82, 2.24) is 0 Å². The van der Waals surface area contributed by atoms with Crippen LogP contribution >= 0.6 is 0 Å². The smallest absolute Gasteiger partial charge is 0.290 e. The molecule has 4 heteroatoms. The van der Waals surface area contributed by atoms with Gasteiger partial charge in [0.1, 0.15) is 0 Å². The molecule has 1 N–H and O–H groups in total. The van der Waals surface area contributed by atoms with Gasteiger partial charge in [0.15, 0.2) is 12.1 Å². The van der Waals surface area contributed by atoms with Crippen LogP contribution in [0.1, 0.15) is 0 Å². The highest BCUT2D eigenvalue weighted by Crippen LogP contribution is 1.27. The number of carboxylic acid groups (broad SMARTS) is 1. The quantitative estimate of drug-likeness (QED) is 0.423. The predicted molar refractivity (Wildman–Crippen MR) is 19.9 cm³/mol. The molecule has 0 unspecified atom stereocenters. The molecule has 0 saturated carbocycles. The third-order valence-corrected chi connectivity index (χ3v) is 0.0500. The normalized spacial score (nSPS) is 3.14. The average Bonchev–Trinajstić information content (AvgIpc) is 1.69. The molecule has 0 heterocycles. The van der Waals surface area contributed by atoms with Gasteiger partial charge in [0.05, 0.1) is 0 Å². The maximum absolute atomic E-state index is 8.36. The zero-order valence-corrected chi connectivity index (χ0v) is 3.33. The van der Waals surface area contributed by atoms with Gasteiger partial charge < -0.3 is 5.11 Å². The summed E-state index contributed by atoms with van der Waals surface area (Å²) in [5.74, 6) is 0. The second kappa shape index (κ2) is 25.2. The van der Waals surface area contributed by atoms with Crippen LogP contribution in [0.15, 0.2) is 0 Å². The summed E-state index contributed by atoms with van der Waals surface area (Å²) in [5.41, 5.74) is 0. The molecule has 0 aromatic rings. The molecule has 36 valence electrons. The van der Waals surface area contributed by atoms with E-state index in [0.717, 1.165) is 0 Å². The summed E-state index contributed by atoms with van der Waals surface area (Å²) in [6.07, 6.45) is 0. The van der Waals surface area contributed by atoms with Gasteiger partial charge >= 0.3 is 0 Å². The van der Waals surface area contributed by atoms with Crippen LogP contribution in [0.25, 0.3) is 0 Å². The highest BCUT2D eigenvalue weighted by Gasteiger charge is 1.39. The standard InChI is InChI=1S/C2N2.CH2O2/c3-1-2-4;2-1-3/h;1H,(H,2,3). The fourth-order valence-electron chi connectivity index (χ4n) is 0. The molecule has 0 atom stereocenters. The molecule has 4 nitrogen and oxygen atoms in total. The Hall–Kier alpha value is -1.55. The van der Waals surface area contributed by atoms with E-state index in [1.54, 1.807) is 0 Å². The van der Waals surface area contributed by atoms with Crippen molar-refractivity contribution in [3.8, 4) is 12.1 Å². The third-order valence-electron chi connectivity index (χ3n) is 0.0500. The van der Waals surface area contributed by atoms with Gasteiger partial charge in [-0.1, -0.05) is 0 Å². The van der Waals surface area contributed by atoms with E-state index in [2.05, 4.69) is 0 Å². The van der Waals surface area contributed by atoms with Crippen molar-refractivity contribution in [3.05, 3.63) is 0 Å². The highest BCUT2D eigenvalue weighted by atomic mass is 16.3. The lowest BCUT2D eigenvalue weighted by atomic mass is 10.9. The van der Waals surface area contributed by atoms with Gasteiger partial charge in [0.2, 0.25) is 0 Å². The molecule has 0 aliphatic heterocycles. The SMILES string of the molecule is N#CC#N.O=CO. The molecule has 0 bridgehead atoms. The predicted octanol–water partition coefficient (Wildman–Crippen LogP) is -0.266.